The number of nitrogens with zero attached hydrogens (tertiary/aromatic N) is 1. The largest absolute Gasteiger partial charge is 0.497 e. The summed E-state index contributed by atoms with van der Waals surface area (Å²) in [5.74, 6) is 0.241. The van der Waals surface area contributed by atoms with Gasteiger partial charge in [-0.25, -0.2) is 8.42 Å². The number of amides is 1. The molecule has 1 saturated heterocycles. The van der Waals surface area contributed by atoms with Crippen molar-refractivity contribution in [2.24, 2.45) is 0 Å². The quantitative estimate of drug-likeness (QED) is 0.718. The molecule has 9 heteroatoms. The average Bonchev–Trinajstić information content (AvgIpc) is 3.25. The van der Waals surface area contributed by atoms with E-state index in [2.05, 4.69) is 5.32 Å². The molecular weight excluding hydrogens is 416 g/mol. The summed E-state index contributed by atoms with van der Waals surface area (Å²) in [7, 11) is -0.843. The maximum absolute atomic E-state index is 12.9. The first-order chi connectivity index (χ1) is 13.8. The van der Waals surface area contributed by atoms with E-state index in [1.807, 2.05) is 0 Å². The van der Waals surface area contributed by atoms with Gasteiger partial charge >= 0.3 is 0 Å². The highest BCUT2D eigenvalue weighted by Gasteiger charge is 2.23. The molecular formula is C20H23ClN2O5S. The highest BCUT2D eigenvalue weighted by molar-refractivity contribution is 7.92. The molecule has 0 unspecified atom stereocenters. The lowest BCUT2D eigenvalue weighted by atomic mass is 10.2. The Morgan fingerprint density at radius 3 is 2.59 bits per heavy atom. The number of halogens is 1. The predicted octanol–water partition coefficient (Wildman–Crippen LogP) is 3.08. The molecule has 2 aromatic carbocycles. The monoisotopic (exact) mass is 438 g/mol. The molecule has 0 radical (unpaired) electrons. The fraction of sp³-hybridized carbons (Fsp3) is 0.350. The number of anilines is 1. The standard InChI is InChI=1S/C20H23ClN2O5S/c1-23(29(25,26)17-8-6-15(27-2)7-9-17)14-5-10-18(19(21)12-14)20(24)22-13-16-4-3-11-28-16/h5-10,12,16H,3-4,11,13H2,1-2H3,(H,22,24)/t16-/m1/s1. The first kappa shape index (κ1) is 21.4. The summed E-state index contributed by atoms with van der Waals surface area (Å²) in [6.07, 6.45) is 1.93. The average molecular weight is 439 g/mol. The van der Waals surface area contributed by atoms with E-state index in [0.29, 0.717) is 24.6 Å². The van der Waals surface area contributed by atoms with Crippen LogP contribution in [0.15, 0.2) is 47.4 Å². The molecule has 0 spiro atoms. The maximum Gasteiger partial charge on any atom is 0.264 e. The van der Waals surface area contributed by atoms with Gasteiger partial charge in [-0.2, -0.15) is 0 Å². The Kier molecular flexibility index (Phi) is 6.66. The van der Waals surface area contributed by atoms with E-state index >= 15 is 0 Å². The van der Waals surface area contributed by atoms with Gasteiger partial charge in [0.1, 0.15) is 5.75 Å². The van der Waals surface area contributed by atoms with E-state index in [4.69, 9.17) is 21.1 Å². The number of hydrogen-bond donors (Lipinski definition) is 1. The van der Waals surface area contributed by atoms with E-state index in [9.17, 15) is 13.2 Å². The summed E-state index contributed by atoms with van der Waals surface area (Å²) in [5, 5.41) is 2.98. The Bertz CT molecular complexity index is 973. The van der Waals surface area contributed by atoms with Crippen molar-refractivity contribution in [2.75, 3.05) is 31.6 Å². The van der Waals surface area contributed by atoms with E-state index in [-0.39, 0.29) is 27.5 Å². The molecule has 0 saturated carbocycles. The van der Waals surface area contributed by atoms with Crippen LogP contribution in [0.2, 0.25) is 5.02 Å². The van der Waals surface area contributed by atoms with Crippen LogP contribution in [0.1, 0.15) is 23.2 Å². The van der Waals surface area contributed by atoms with Crippen LogP contribution < -0.4 is 14.4 Å². The fourth-order valence-electron chi connectivity index (χ4n) is 3.04. The third kappa shape index (κ3) is 4.83. The van der Waals surface area contributed by atoms with Crippen molar-refractivity contribution in [1.82, 2.24) is 5.32 Å². The highest BCUT2D eigenvalue weighted by atomic mass is 35.5. The number of rotatable bonds is 7. The summed E-state index contributed by atoms with van der Waals surface area (Å²) in [6.45, 7) is 1.13. The van der Waals surface area contributed by atoms with Crippen molar-refractivity contribution in [1.29, 1.82) is 0 Å². The molecule has 3 rings (SSSR count). The highest BCUT2D eigenvalue weighted by Crippen LogP contribution is 2.28. The molecule has 2 aromatic rings. The second-order valence-corrected chi connectivity index (χ2v) is 9.03. The number of carbonyl (C=O) groups is 1. The zero-order chi connectivity index (χ0) is 21.0. The first-order valence-electron chi connectivity index (χ1n) is 9.15. The number of ether oxygens (including phenoxy) is 2. The molecule has 1 fully saturated rings. The van der Waals surface area contributed by atoms with E-state index in [0.717, 1.165) is 17.1 Å². The Labute approximate surface area is 175 Å². The van der Waals surface area contributed by atoms with Crippen molar-refractivity contribution in [3.05, 3.63) is 53.1 Å². The lowest BCUT2D eigenvalue weighted by Gasteiger charge is -2.20. The molecule has 156 valence electrons. The minimum atomic E-state index is -3.79. The third-order valence-electron chi connectivity index (χ3n) is 4.79. The smallest absolute Gasteiger partial charge is 0.264 e. The van der Waals surface area contributed by atoms with Crippen molar-refractivity contribution in [2.45, 2.75) is 23.8 Å². The Morgan fingerprint density at radius 1 is 1.28 bits per heavy atom. The van der Waals surface area contributed by atoms with E-state index in [1.165, 1.54) is 38.4 Å². The van der Waals surface area contributed by atoms with Crippen LogP contribution in [-0.4, -0.2) is 47.7 Å². The van der Waals surface area contributed by atoms with Crippen LogP contribution in [0, 0.1) is 0 Å². The Morgan fingerprint density at radius 2 is 2.00 bits per heavy atom. The van der Waals surface area contributed by atoms with Crippen molar-refractivity contribution in [3.63, 3.8) is 0 Å². The van der Waals surface area contributed by atoms with Crippen molar-refractivity contribution in [3.8, 4) is 5.75 Å². The molecule has 1 N–H and O–H groups in total. The molecule has 7 nitrogen and oxygen atoms in total. The van der Waals surface area contributed by atoms with E-state index in [1.54, 1.807) is 18.2 Å². The maximum atomic E-state index is 12.9. The van der Waals surface area contributed by atoms with Crippen LogP contribution in [0.5, 0.6) is 5.75 Å². The number of benzene rings is 2. The molecule has 1 aliphatic rings. The lowest BCUT2D eigenvalue weighted by Crippen LogP contribution is -2.32. The van der Waals surface area contributed by atoms with Gasteiger partial charge in [0.05, 0.1) is 34.4 Å². The summed E-state index contributed by atoms with van der Waals surface area (Å²) in [6, 6.07) is 10.6. The summed E-state index contributed by atoms with van der Waals surface area (Å²) in [5.41, 5.74) is 0.630. The van der Waals surface area contributed by atoms with Gasteiger partial charge in [0.15, 0.2) is 0 Å². The zero-order valence-corrected chi connectivity index (χ0v) is 17.8. The summed E-state index contributed by atoms with van der Waals surface area (Å²) in [4.78, 5) is 12.5. The zero-order valence-electron chi connectivity index (χ0n) is 16.2. The fourth-order valence-corrected chi connectivity index (χ4v) is 4.48. The molecule has 0 aliphatic carbocycles. The summed E-state index contributed by atoms with van der Waals surface area (Å²) >= 11 is 6.27. The van der Waals surface area contributed by atoms with Crippen LogP contribution >= 0.6 is 11.6 Å². The van der Waals surface area contributed by atoms with Crippen LogP contribution in [0.3, 0.4) is 0 Å². The lowest BCUT2D eigenvalue weighted by molar-refractivity contribution is 0.0858. The molecule has 0 aromatic heterocycles. The molecule has 1 amide bonds. The second kappa shape index (κ2) is 9.02. The van der Waals surface area contributed by atoms with Crippen LogP contribution in [-0.2, 0) is 14.8 Å². The minimum Gasteiger partial charge on any atom is -0.497 e. The normalized spacial score (nSPS) is 16.4. The first-order valence-corrected chi connectivity index (χ1v) is 11.0. The van der Waals surface area contributed by atoms with E-state index < -0.39 is 10.0 Å². The molecule has 0 bridgehead atoms. The van der Waals surface area contributed by atoms with Crippen LogP contribution in [0.4, 0.5) is 5.69 Å². The minimum absolute atomic E-state index is 0.0257. The molecule has 29 heavy (non-hydrogen) atoms. The van der Waals surface area contributed by atoms with Crippen molar-refractivity contribution < 1.29 is 22.7 Å². The number of hydrogen-bond acceptors (Lipinski definition) is 5. The number of nitrogens with one attached hydrogen (secondary N) is 1. The van der Waals surface area contributed by atoms with Gasteiger partial charge in [-0.1, -0.05) is 11.6 Å². The Balaban J connectivity index is 1.74. The number of carbonyl (C=O) groups excluding carboxylic acids is 1. The van der Waals surface area contributed by atoms with Gasteiger partial charge in [0.2, 0.25) is 0 Å². The third-order valence-corrected chi connectivity index (χ3v) is 6.91. The Hall–Kier alpha value is -2.29. The van der Waals surface area contributed by atoms with Gasteiger partial charge in [-0.05, 0) is 55.3 Å². The SMILES string of the molecule is COc1ccc(S(=O)(=O)N(C)c2ccc(C(=O)NC[C@H]3CCCO3)c(Cl)c2)cc1. The number of methoxy groups -OCH3 is 1. The van der Waals surface area contributed by atoms with Gasteiger partial charge in [-0.3, -0.25) is 9.10 Å². The summed E-state index contributed by atoms with van der Waals surface area (Å²) < 4.78 is 37.4. The molecule has 1 atom stereocenters. The van der Waals surface area contributed by atoms with Gasteiger partial charge in [0.25, 0.3) is 15.9 Å². The second-order valence-electron chi connectivity index (χ2n) is 6.66. The number of sulfonamides is 1. The van der Waals surface area contributed by atoms with Gasteiger partial charge in [-0.15, -0.1) is 0 Å². The van der Waals surface area contributed by atoms with Crippen molar-refractivity contribution >= 4 is 33.2 Å². The van der Waals surface area contributed by atoms with Gasteiger partial charge < -0.3 is 14.8 Å². The molecule has 1 heterocycles. The molecule has 1 aliphatic heterocycles. The van der Waals surface area contributed by atoms with Crippen LogP contribution in [0.25, 0.3) is 0 Å². The topological polar surface area (TPSA) is 84.9 Å². The van der Waals surface area contributed by atoms with Gasteiger partial charge in [0, 0.05) is 20.2 Å². The predicted molar refractivity (Wildman–Crippen MR) is 111 cm³/mol.